The van der Waals surface area contributed by atoms with Crippen LogP contribution in [-0.4, -0.2) is 23.7 Å². The number of amides is 1. The predicted molar refractivity (Wildman–Crippen MR) is 101 cm³/mol. The summed E-state index contributed by atoms with van der Waals surface area (Å²) in [5.74, 6) is 2.03. The first kappa shape index (κ1) is 16.6. The molecule has 0 radical (unpaired) electrons. The molecule has 0 saturated heterocycles. The standard InChI is InChI=1S/C20H18N2O3S/c1-13-8-9-18(25-13)17-12-16(19-7-4-10-26-19)21-22(17)20(23)14-5-3-6-15(11-14)24-2/h3-11,17H,12H2,1-2H3. The third-order valence-corrected chi connectivity index (χ3v) is 5.25. The van der Waals surface area contributed by atoms with Crippen molar-refractivity contribution in [2.24, 2.45) is 5.10 Å². The SMILES string of the molecule is COc1cccc(C(=O)N2N=C(c3cccs3)CC2c2ccc(C)o2)c1. The zero-order valence-electron chi connectivity index (χ0n) is 14.5. The molecule has 1 aromatic carbocycles. The van der Waals surface area contributed by atoms with Gasteiger partial charge in [0.1, 0.15) is 23.3 Å². The van der Waals surface area contributed by atoms with Crippen molar-refractivity contribution in [1.82, 2.24) is 5.01 Å². The summed E-state index contributed by atoms with van der Waals surface area (Å²) >= 11 is 1.62. The van der Waals surface area contributed by atoms with Gasteiger partial charge in [-0.15, -0.1) is 11.3 Å². The van der Waals surface area contributed by atoms with Gasteiger partial charge in [-0.2, -0.15) is 5.10 Å². The van der Waals surface area contributed by atoms with Crippen LogP contribution < -0.4 is 4.74 Å². The zero-order chi connectivity index (χ0) is 18.1. The van der Waals surface area contributed by atoms with Crippen LogP contribution in [-0.2, 0) is 0 Å². The molecule has 3 aromatic rings. The fourth-order valence-corrected chi connectivity index (χ4v) is 3.75. The highest BCUT2D eigenvalue weighted by Gasteiger charge is 2.36. The molecule has 1 atom stereocenters. The Morgan fingerprint density at radius 3 is 2.85 bits per heavy atom. The number of furan rings is 1. The molecule has 5 nitrogen and oxygen atoms in total. The molecule has 132 valence electrons. The Morgan fingerprint density at radius 1 is 1.27 bits per heavy atom. The highest BCUT2D eigenvalue weighted by Crippen LogP contribution is 2.35. The number of hydrazone groups is 1. The Morgan fingerprint density at radius 2 is 2.15 bits per heavy atom. The Kier molecular flexibility index (Phi) is 4.34. The maximum atomic E-state index is 13.1. The molecule has 1 amide bonds. The maximum Gasteiger partial charge on any atom is 0.274 e. The van der Waals surface area contributed by atoms with Crippen molar-refractivity contribution in [3.8, 4) is 5.75 Å². The molecule has 6 heteroatoms. The van der Waals surface area contributed by atoms with Crippen LogP contribution in [0.5, 0.6) is 5.75 Å². The van der Waals surface area contributed by atoms with Crippen LogP contribution in [0.3, 0.4) is 0 Å². The summed E-state index contributed by atoms with van der Waals surface area (Å²) in [6, 6.07) is 14.7. The largest absolute Gasteiger partial charge is 0.497 e. The summed E-state index contributed by atoms with van der Waals surface area (Å²) in [5, 5.41) is 8.18. The molecule has 2 aromatic heterocycles. The summed E-state index contributed by atoms with van der Waals surface area (Å²) in [5.41, 5.74) is 1.43. The topological polar surface area (TPSA) is 55.0 Å². The van der Waals surface area contributed by atoms with Crippen LogP contribution in [0.1, 0.15) is 39.2 Å². The number of methoxy groups -OCH3 is 1. The molecule has 0 aliphatic carbocycles. The number of rotatable bonds is 4. The third-order valence-electron chi connectivity index (χ3n) is 4.33. The molecule has 1 unspecified atom stereocenters. The van der Waals surface area contributed by atoms with E-state index >= 15 is 0 Å². The lowest BCUT2D eigenvalue weighted by Crippen LogP contribution is -2.26. The highest BCUT2D eigenvalue weighted by molar-refractivity contribution is 7.12. The summed E-state index contributed by atoms with van der Waals surface area (Å²) < 4.78 is 11.0. The van der Waals surface area contributed by atoms with E-state index in [1.165, 1.54) is 5.01 Å². The Labute approximate surface area is 155 Å². The Bertz CT molecular complexity index is 959. The van der Waals surface area contributed by atoms with Gasteiger partial charge in [-0.25, -0.2) is 5.01 Å². The third kappa shape index (κ3) is 3.04. The molecule has 1 aliphatic heterocycles. The van der Waals surface area contributed by atoms with E-state index in [1.54, 1.807) is 36.6 Å². The normalized spacial score (nSPS) is 16.6. The number of benzene rings is 1. The van der Waals surface area contributed by atoms with Crippen LogP contribution in [0.25, 0.3) is 0 Å². The molecule has 26 heavy (non-hydrogen) atoms. The number of carbonyl (C=O) groups is 1. The van der Waals surface area contributed by atoms with Gasteiger partial charge in [0, 0.05) is 12.0 Å². The minimum atomic E-state index is -0.250. The maximum absolute atomic E-state index is 13.1. The van der Waals surface area contributed by atoms with Crippen molar-refractivity contribution in [1.29, 1.82) is 0 Å². The first-order valence-corrected chi connectivity index (χ1v) is 9.19. The van der Waals surface area contributed by atoms with E-state index in [0.29, 0.717) is 17.7 Å². The van der Waals surface area contributed by atoms with Gasteiger partial charge in [-0.05, 0) is 48.7 Å². The second-order valence-electron chi connectivity index (χ2n) is 6.07. The van der Waals surface area contributed by atoms with Gasteiger partial charge in [-0.1, -0.05) is 12.1 Å². The smallest absolute Gasteiger partial charge is 0.274 e. The van der Waals surface area contributed by atoms with Gasteiger partial charge in [0.05, 0.1) is 17.7 Å². The van der Waals surface area contributed by atoms with Gasteiger partial charge in [-0.3, -0.25) is 4.79 Å². The van der Waals surface area contributed by atoms with Gasteiger partial charge in [0.2, 0.25) is 0 Å². The minimum Gasteiger partial charge on any atom is -0.497 e. The van der Waals surface area contributed by atoms with Crippen molar-refractivity contribution >= 4 is 23.0 Å². The van der Waals surface area contributed by atoms with Gasteiger partial charge < -0.3 is 9.15 Å². The monoisotopic (exact) mass is 366 g/mol. The number of carbonyl (C=O) groups excluding carboxylic acids is 1. The molecule has 4 rings (SSSR count). The van der Waals surface area contributed by atoms with E-state index in [4.69, 9.17) is 9.15 Å². The summed E-state index contributed by atoms with van der Waals surface area (Å²) in [7, 11) is 1.58. The molecule has 0 fully saturated rings. The minimum absolute atomic E-state index is 0.172. The van der Waals surface area contributed by atoms with Gasteiger partial charge in [0.25, 0.3) is 5.91 Å². The van der Waals surface area contributed by atoms with E-state index < -0.39 is 0 Å². The van der Waals surface area contributed by atoms with Crippen molar-refractivity contribution in [3.63, 3.8) is 0 Å². The Hall–Kier alpha value is -2.86. The van der Waals surface area contributed by atoms with Crippen molar-refractivity contribution in [2.45, 2.75) is 19.4 Å². The van der Waals surface area contributed by atoms with E-state index in [9.17, 15) is 4.79 Å². The number of nitrogens with zero attached hydrogens (tertiary/aromatic N) is 2. The van der Waals surface area contributed by atoms with E-state index in [0.717, 1.165) is 22.1 Å². The molecule has 0 N–H and O–H groups in total. The molecular weight excluding hydrogens is 348 g/mol. The fourth-order valence-electron chi connectivity index (χ4n) is 3.03. The van der Waals surface area contributed by atoms with Crippen LogP contribution in [0, 0.1) is 6.92 Å². The quantitative estimate of drug-likeness (QED) is 0.675. The number of aryl methyl sites for hydroxylation is 1. The van der Waals surface area contributed by atoms with Gasteiger partial charge in [0.15, 0.2) is 0 Å². The Balaban J connectivity index is 1.71. The van der Waals surface area contributed by atoms with E-state index in [-0.39, 0.29) is 11.9 Å². The first-order chi connectivity index (χ1) is 12.7. The summed E-state index contributed by atoms with van der Waals surface area (Å²) in [4.78, 5) is 14.2. The summed E-state index contributed by atoms with van der Waals surface area (Å²) in [6.45, 7) is 1.90. The fraction of sp³-hybridized carbons (Fsp3) is 0.200. The molecule has 0 spiro atoms. The molecule has 1 aliphatic rings. The second kappa shape index (κ2) is 6.80. The average molecular weight is 366 g/mol. The van der Waals surface area contributed by atoms with Crippen LogP contribution in [0.15, 0.2) is 63.4 Å². The number of hydrogen-bond acceptors (Lipinski definition) is 5. The lowest BCUT2D eigenvalue weighted by molar-refractivity contribution is 0.0691. The molecule has 0 bridgehead atoms. The first-order valence-electron chi connectivity index (χ1n) is 8.31. The number of ether oxygens (including phenoxy) is 1. The number of hydrogen-bond donors (Lipinski definition) is 0. The van der Waals surface area contributed by atoms with Crippen molar-refractivity contribution in [3.05, 3.63) is 75.9 Å². The predicted octanol–water partition coefficient (Wildman–Crippen LogP) is 4.65. The van der Waals surface area contributed by atoms with E-state index in [2.05, 4.69) is 5.10 Å². The molecule has 3 heterocycles. The highest BCUT2D eigenvalue weighted by atomic mass is 32.1. The lowest BCUT2D eigenvalue weighted by atomic mass is 10.1. The number of thiophene rings is 1. The molecular formula is C20H18N2O3S. The zero-order valence-corrected chi connectivity index (χ0v) is 15.3. The lowest BCUT2D eigenvalue weighted by Gasteiger charge is -2.20. The van der Waals surface area contributed by atoms with Crippen LogP contribution in [0.2, 0.25) is 0 Å². The van der Waals surface area contributed by atoms with Crippen LogP contribution in [0.4, 0.5) is 0 Å². The molecule has 0 saturated carbocycles. The van der Waals surface area contributed by atoms with Crippen molar-refractivity contribution < 1.29 is 13.9 Å². The summed E-state index contributed by atoms with van der Waals surface area (Å²) in [6.07, 6.45) is 0.628. The average Bonchev–Trinajstić information content (AvgIpc) is 3.40. The van der Waals surface area contributed by atoms with Crippen molar-refractivity contribution in [2.75, 3.05) is 7.11 Å². The second-order valence-corrected chi connectivity index (χ2v) is 7.02. The van der Waals surface area contributed by atoms with E-state index in [1.807, 2.05) is 42.6 Å². The van der Waals surface area contributed by atoms with Gasteiger partial charge >= 0.3 is 0 Å². The van der Waals surface area contributed by atoms with Crippen LogP contribution >= 0.6 is 11.3 Å².